The molecular formula is C17H21NO2. The summed E-state index contributed by atoms with van der Waals surface area (Å²) >= 11 is 0. The van der Waals surface area contributed by atoms with Gasteiger partial charge in [0, 0.05) is 13.1 Å². The molecule has 20 heavy (non-hydrogen) atoms. The third kappa shape index (κ3) is 4.28. The molecular weight excluding hydrogens is 250 g/mol. The number of methoxy groups -OCH3 is 1. The molecule has 0 amide bonds. The van der Waals surface area contributed by atoms with E-state index in [9.17, 15) is 0 Å². The Balaban J connectivity index is 1.71. The molecule has 0 aliphatic carbocycles. The van der Waals surface area contributed by atoms with Crippen molar-refractivity contribution in [3.05, 3.63) is 59.7 Å². The van der Waals surface area contributed by atoms with Crippen molar-refractivity contribution in [3.63, 3.8) is 0 Å². The van der Waals surface area contributed by atoms with E-state index in [0.717, 1.165) is 24.6 Å². The Morgan fingerprint density at radius 1 is 1.00 bits per heavy atom. The van der Waals surface area contributed by atoms with Crippen molar-refractivity contribution in [3.8, 4) is 11.5 Å². The van der Waals surface area contributed by atoms with Crippen LogP contribution >= 0.6 is 0 Å². The monoisotopic (exact) mass is 271 g/mol. The van der Waals surface area contributed by atoms with E-state index < -0.39 is 0 Å². The largest absolute Gasteiger partial charge is 0.493 e. The summed E-state index contributed by atoms with van der Waals surface area (Å²) in [5.41, 5.74) is 2.58. The number of para-hydroxylation sites is 2. The van der Waals surface area contributed by atoms with E-state index in [0.29, 0.717) is 6.61 Å². The molecule has 0 fully saturated rings. The molecule has 0 saturated carbocycles. The standard InChI is InChI=1S/C17H21NO2/c1-14-6-5-7-15(12-14)13-18-10-11-20-17-9-4-3-8-16(17)19-2/h3-9,12,18H,10-11,13H2,1-2H3. The van der Waals surface area contributed by atoms with Crippen LogP contribution in [-0.4, -0.2) is 20.3 Å². The number of benzene rings is 2. The average molecular weight is 271 g/mol. The van der Waals surface area contributed by atoms with Gasteiger partial charge in [0.2, 0.25) is 0 Å². The Bertz CT molecular complexity index is 540. The van der Waals surface area contributed by atoms with Gasteiger partial charge in [-0.3, -0.25) is 0 Å². The van der Waals surface area contributed by atoms with E-state index in [1.165, 1.54) is 11.1 Å². The molecule has 0 atom stereocenters. The fourth-order valence-electron chi connectivity index (χ4n) is 2.03. The van der Waals surface area contributed by atoms with Gasteiger partial charge in [-0.05, 0) is 24.6 Å². The summed E-state index contributed by atoms with van der Waals surface area (Å²) in [6.07, 6.45) is 0. The molecule has 0 saturated heterocycles. The van der Waals surface area contributed by atoms with E-state index in [4.69, 9.17) is 9.47 Å². The highest BCUT2D eigenvalue weighted by Crippen LogP contribution is 2.25. The molecule has 0 bridgehead atoms. The van der Waals surface area contributed by atoms with Gasteiger partial charge in [0.25, 0.3) is 0 Å². The van der Waals surface area contributed by atoms with E-state index in [1.54, 1.807) is 7.11 Å². The molecule has 3 nitrogen and oxygen atoms in total. The maximum atomic E-state index is 5.70. The van der Waals surface area contributed by atoms with Crippen LogP contribution in [0.5, 0.6) is 11.5 Å². The number of hydrogen-bond acceptors (Lipinski definition) is 3. The SMILES string of the molecule is COc1ccccc1OCCNCc1cccc(C)c1. The summed E-state index contributed by atoms with van der Waals surface area (Å²) in [7, 11) is 1.65. The minimum absolute atomic E-state index is 0.617. The van der Waals surface area contributed by atoms with Gasteiger partial charge in [0.15, 0.2) is 11.5 Å². The van der Waals surface area contributed by atoms with E-state index in [-0.39, 0.29) is 0 Å². The van der Waals surface area contributed by atoms with Gasteiger partial charge in [-0.1, -0.05) is 42.0 Å². The van der Waals surface area contributed by atoms with Crippen LogP contribution in [0, 0.1) is 6.92 Å². The lowest BCUT2D eigenvalue weighted by Gasteiger charge is -2.11. The van der Waals surface area contributed by atoms with Crippen LogP contribution in [0.1, 0.15) is 11.1 Å². The second kappa shape index (κ2) is 7.56. The molecule has 3 heteroatoms. The van der Waals surface area contributed by atoms with Crippen LogP contribution < -0.4 is 14.8 Å². The topological polar surface area (TPSA) is 30.5 Å². The van der Waals surface area contributed by atoms with Gasteiger partial charge in [0.05, 0.1) is 7.11 Å². The summed E-state index contributed by atoms with van der Waals surface area (Å²) in [6, 6.07) is 16.2. The fraction of sp³-hybridized carbons (Fsp3) is 0.294. The number of aryl methyl sites for hydroxylation is 1. The van der Waals surface area contributed by atoms with Crippen molar-refractivity contribution < 1.29 is 9.47 Å². The zero-order valence-electron chi connectivity index (χ0n) is 12.1. The smallest absolute Gasteiger partial charge is 0.161 e. The molecule has 1 N–H and O–H groups in total. The first kappa shape index (κ1) is 14.4. The predicted octanol–water partition coefficient (Wildman–Crippen LogP) is 3.17. The molecule has 106 valence electrons. The highest BCUT2D eigenvalue weighted by Gasteiger charge is 2.01. The zero-order valence-corrected chi connectivity index (χ0v) is 12.1. The van der Waals surface area contributed by atoms with Crippen LogP contribution in [0.25, 0.3) is 0 Å². The molecule has 0 unspecified atom stereocenters. The van der Waals surface area contributed by atoms with Crippen LogP contribution in [-0.2, 0) is 6.54 Å². The Hall–Kier alpha value is -2.00. The summed E-state index contributed by atoms with van der Waals surface area (Å²) in [5.74, 6) is 1.55. The maximum absolute atomic E-state index is 5.70. The van der Waals surface area contributed by atoms with Crippen molar-refractivity contribution in [1.82, 2.24) is 5.32 Å². The normalized spacial score (nSPS) is 10.3. The summed E-state index contributed by atoms with van der Waals surface area (Å²) in [5, 5.41) is 3.37. The molecule has 0 heterocycles. The highest BCUT2D eigenvalue weighted by molar-refractivity contribution is 5.39. The van der Waals surface area contributed by atoms with E-state index >= 15 is 0 Å². The second-order valence-electron chi connectivity index (χ2n) is 4.67. The van der Waals surface area contributed by atoms with Gasteiger partial charge in [-0.2, -0.15) is 0 Å². The van der Waals surface area contributed by atoms with E-state index in [2.05, 4.69) is 36.5 Å². The Kier molecular flexibility index (Phi) is 5.44. The third-order valence-corrected chi connectivity index (χ3v) is 3.02. The molecule has 2 aromatic rings. The quantitative estimate of drug-likeness (QED) is 0.785. The molecule has 2 rings (SSSR count). The van der Waals surface area contributed by atoms with Crippen LogP contribution in [0.2, 0.25) is 0 Å². The number of hydrogen-bond donors (Lipinski definition) is 1. The molecule has 0 aliphatic heterocycles. The lowest BCUT2D eigenvalue weighted by molar-refractivity contribution is 0.292. The minimum Gasteiger partial charge on any atom is -0.493 e. The number of nitrogens with one attached hydrogen (secondary N) is 1. The van der Waals surface area contributed by atoms with Crippen molar-refractivity contribution in [2.45, 2.75) is 13.5 Å². The first-order chi connectivity index (χ1) is 9.79. The Labute approximate surface area is 120 Å². The van der Waals surface area contributed by atoms with Crippen LogP contribution in [0.15, 0.2) is 48.5 Å². The molecule has 0 aliphatic rings. The zero-order chi connectivity index (χ0) is 14.2. The van der Waals surface area contributed by atoms with Gasteiger partial charge in [-0.25, -0.2) is 0 Å². The van der Waals surface area contributed by atoms with Crippen molar-refractivity contribution in [1.29, 1.82) is 0 Å². The number of ether oxygens (including phenoxy) is 2. The summed E-state index contributed by atoms with van der Waals surface area (Å²) in [4.78, 5) is 0. The molecule has 0 aromatic heterocycles. The molecule has 0 spiro atoms. The van der Waals surface area contributed by atoms with Gasteiger partial charge in [-0.15, -0.1) is 0 Å². The molecule has 0 radical (unpaired) electrons. The Morgan fingerprint density at radius 2 is 1.80 bits per heavy atom. The lowest BCUT2D eigenvalue weighted by atomic mass is 10.1. The lowest BCUT2D eigenvalue weighted by Crippen LogP contribution is -2.20. The second-order valence-corrected chi connectivity index (χ2v) is 4.67. The number of rotatable bonds is 7. The average Bonchev–Trinajstić information content (AvgIpc) is 2.47. The first-order valence-electron chi connectivity index (χ1n) is 6.81. The predicted molar refractivity (Wildman–Crippen MR) is 81.4 cm³/mol. The minimum atomic E-state index is 0.617. The third-order valence-electron chi connectivity index (χ3n) is 3.02. The van der Waals surface area contributed by atoms with E-state index in [1.807, 2.05) is 24.3 Å². The van der Waals surface area contributed by atoms with Crippen molar-refractivity contribution >= 4 is 0 Å². The highest BCUT2D eigenvalue weighted by atomic mass is 16.5. The summed E-state index contributed by atoms with van der Waals surface area (Å²) < 4.78 is 10.9. The Morgan fingerprint density at radius 3 is 2.55 bits per heavy atom. The molecule has 2 aromatic carbocycles. The van der Waals surface area contributed by atoms with Crippen LogP contribution in [0.4, 0.5) is 0 Å². The maximum Gasteiger partial charge on any atom is 0.161 e. The van der Waals surface area contributed by atoms with Gasteiger partial charge >= 0.3 is 0 Å². The van der Waals surface area contributed by atoms with Crippen molar-refractivity contribution in [2.75, 3.05) is 20.3 Å². The van der Waals surface area contributed by atoms with Crippen molar-refractivity contribution in [2.24, 2.45) is 0 Å². The van der Waals surface area contributed by atoms with Crippen LogP contribution in [0.3, 0.4) is 0 Å². The summed E-state index contributed by atoms with van der Waals surface area (Å²) in [6.45, 7) is 4.38. The van der Waals surface area contributed by atoms with Gasteiger partial charge < -0.3 is 14.8 Å². The fourth-order valence-corrected chi connectivity index (χ4v) is 2.03. The first-order valence-corrected chi connectivity index (χ1v) is 6.81. The van der Waals surface area contributed by atoms with Gasteiger partial charge in [0.1, 0.15) is 6.61 Å².